The zero-order valence-electron chi connectivity index (χ0n) is 13.7. The summed E-state index contributed by atoms with van der Waals surface area (Å²) in [7, 11) is 0. The maximum Gasteiger partial charge on any atom is 0.270 e. The van der Waals surface area contributed by atoms with Gasteiger partial charge in [-0.25, -0.2) is 9.97 Å². The van der Waals surface area contributed by atoms with Crippen molar-refractivity contribution in [1.82, 2.24) is 20.3 Å². The first kappa shape index (κ1) is 16.4. The van der Waals surface area contributed by atoms with E-state index in [1.807, 2.05) is 12.1 Å². The van der Waals surface area contributed by atoms with Crippen LogP contribution in [0.5, 0.6) is 0 Å². The molecule has 126 valence electrons. The smallest absolute Gasteiger partial charge is 0.270 e. The molecule has 2 N–H and O–H groups in total. The quantitative estimate of drug-likeness (QED) is 0.826. The Hall–Kier alpha value is -2.50. The van der Waals surface area contributed by atoms with Crippen LogP contribution in [0.2, 0.25) is 0 Å². The molecule has 0 spiro atoms. The first-order chi connectivity index (χ1) is 11.8. The van der Waals surface area contributed by atoms with Gasteiger partial charge < -0.3 is 10.6 Å². The molecule has 2 aromatic heterocycles. The highest BCUT2D eigenvalue weighted by Crippen LogP contribution is 2.20. The lowest BCUT2D eigenvalue weighted by molar-refractivity contribution is 0.0945. The van der Waals surface area contributed by atoms with Crippen LogP contribution in [0.1, 0.15) is 54.6 Å². The fourth-order valence-corrected chi connectivity index (χ4v) is 2.97. The monoisotopic (exact) mass is 325 g/mol. The molecule has 1 saturated carbocycles. The summed E-state index contributed by atoms with van der Waals surface area (Å²) in [5, 5.41) is 6.32. The van der Waals surface area contributed by atoms with Gasteiger partial charge >= 0.3 is 0 Å². The molecule has 24 heavy (non-hydrogen) atoms. The molecule has 0 bridgehead atoms. The highest BCUT2D eigenvalue weighted by Gasteiger charge is 2.14. The average molecular weight is 325 g/mol. The van der Waals surface area contributed by atoms with E-state index in [9.17, 15) is 4.79 Å². The van der Waals surface area contributed by atoms with E-state index in [4.69, 9.17) is 0 Å². The van der Waals surface area contributed by atoms with Crippen molar-refractivity contribution in [2.24, 2.45) is 0 Å². The summed E-state index contributed by atoms with van der Waals surface area (Å²) in [5.41, 5.74) is 1.39. The lowest BCUT2D eigenvalue weighted by Gasteiger charge is -2.16. The number of nitrogens with zero attached hydrogens (tertiary/aromatic N) is 3. The molecule has 0 unspecified atom stereocenters. The van der Waals surface area contributed by atoms with E-state index in [-0.39, 0.29) is 5.91 Å². The van der Waals surface area contributed by atoms with E-state index in [0.717, 1.165) is 24.2 Å². The Morgan fingerprint density at radius 1 is 1.08 bits per heavy atom. The molecule has 0 saturated heterocycles. The van der Waals surface area contributed by atoms with Crippen LogP contribution in [0.3, 0.4) is 0 Å². The number of hydrogen-bond acceptors (Lipinski definition) is 5. The first-order valence-corrected chi connectivity index (χ1v) is 8.57. The van der Waals surface area contributed by atoms with Crippen LogP contribution in [0.25, 0.3) is 0 Å². The molecule has 1 aliphatic carbocycles. The Kier molecular flexibility index (Phi) is 5.71. The number of aromatic nitrogens is 3. The van der Waals surface area contributed by atoms with E-state index >= 15 is 0 Å². The summed E-state index contributed by atoms with van der Waals surface area (Å²) in [5.74, 6) is 0.532. The Bertz CT molecular complexity index is 653. The molecule has 0 aromatic carbocycles. The average Bonchev–Trinajstić information content (AvgIpc) is 2.89. The predicted octanol–water partition coefficient (Wildman–Crippen LogP) is 2.94. The second kappa shape index (κ2) is 8.38. The van der Waals surface area contributed by atoms with Gasteiger partial charge in [-0.1, -0.05) is 25.7 Å². The summed E-state index contributed by atoms with van der Waals surface area (Å²) in [6.45, 7) is 0.455. The fraction of sp³-hybridized carbons (Fsp3) is 0.444. The number of nitrogens with one attached hydrogen (secondary N) is 2. The molecule has 0 atom stereocenters. The second-order valence-corrected chi connectivity index (χ2v) is 6.16. The fourth-order valence-electron chi connectivity index (χ4n) is 2.97. The normalized spacial score (nSPS) is 15.5. The molecule has 2 heterocycles. The van der Waals surface area contributed by atoms with E-state index in [0.29, 0.717) is 18.3 Å². The van der Waals surface area contributed by atoms with Crippen molar-refractivity contribution >= 4 is 11.7 Å². The number of carbonyl (C=O) groups excluding carboxylic acids is 1. The van der Waals surface area contributed by atoms with E-state index < -0.39 is 0 Å². The lowest BCUT2D eigenvalue weighted by Crippen LogP contribution is -2.25. The number of amides is 1. The van der Waals surface area contributed by atoms with Crippen molar-refractivity contribution in [3.05, 3.63) is 48.2 Å². The molecule has 1 aliphatic rings. The molecule has 0 aliphatic heterocycles. The Labute approximate surface area is 142 Å². The van der Waals surface area contributed by atoms with Crippen molar-refractivity contribution < 1.29 is 4.79 Å². The molecule has 1 amide bonds. The SMILES string of the molecule is O=C(NCc1ccncc1)c1cc(NC2CCCCCC2)ncn1. The largest absolute Gasteiger partial charge is 0.367 e. The number of anilines is 1. The van der Waals surface area contributed by atoms with Crippen molar-refractivity contribution in [2.45, 2.75) is 51.1 Å². The molecule has 6 nitrogen and oxygen atoms in total. The van der Waals surface area contributed by atoms with Crippen molar-refractivity contribution in [3.63, 3.8) is 0 Å². The van der Waals surface area contributed by atoms with Gasteiger partial charge in [-0.15, -0.1) is 0 Å². The molecule has 2 aromatic rings. The van der Waals surface area contributed by atoms with Crippen LogP contribution in [0.4, 0.5) is 5.82 Å². The van der Waals surface area contributed by atoms with Gasteiger partial charge in [0.05, 0.1) is 0 Å². The van der Waals surface area contributed by atoms with E-state index in [1.54, 1.807) is 18.5 Å². The zero-order valence-corrected chi connectivity index (χ0v) is 13.7. The maximum atomic E-state index is 12.3. The summed E-state index contributed by atoms with van der Waals surface area (Å²) in [4.78, 5) is 24.6. The third-order valence-corrected chi connectivity index (χ3v) is 4.31. The third kappa shape index (κ3) is 4.75. The van der Waals surface area contributed by atoms with E-state index in [1.165, 1.54) is 32.0 Å². The third-order valence-electron chi connectivity index (χ3n) is 4.31. The first-order valence-electron chi connectivity index (χ1n) is 8.57. The molecule has 1 fully saturated rings. The summed E-state index contributed by atoms with van der Waals surface area (Å²) in [6, 6.07) is 5.92. The maximum absolute atomic E-state index is 12.3. The van der Waals surface area contributed by atoms with Gasteiger partial charge in [-0.05, 0) is 30.5 Å². The molecule has 3 rings (SSSR count). The minimum atomic E-state index is -0.196. The van der Waals surface area contributed by atoms with Crippen LogP contribution >= 0.6 is 0 Å². The summed E-state index contributed by atoms with van der Waals surface area (Å²) in [6.07, 6.45) is 12.3. The van der Waals surface area contributed by atoms with E-state index in [2.05, 4.69) is 25.6 Å². The summed E-state index contributed by atoms with van der Waals surface area (Å²) >= 11 is 0. The lowest BCUT2D eigenvalue weighted by atomic mass is 10.1. The number of pyridine rings is 1. The highest BCUT2D eigenvalue weighted by atomic mass is 16.1. The Balaban J connectivity index is 1.58. The van der Waals surface area contributed by atoms with Crippen LogP contribution in [-0.2, 0) is 6.54 Å². The van der Waals surface area contributed by atoms with Gasteiger partial charge in [-0.3, -0.25) is 9.78 Å². The van der Waals surface area contributed by atoms with Crippen LogP contribution in [-0.4, -0.2) is 26.9 Å². The van der Waals surface area contributed by atoms with Crippen molar-refractivity contribution in [3.8, 4) is 0 Å². The van der Waals surface area contributed by atoms with Gasteiger partial charge in [0.25, 0.3) is 5.91 Å². The van der Waals surface area contributed by atoms with Gasteiger partial charge in [0.1, 0.15) is 17.8 Å². The Morgan fingerprint density at radius 3 is 2.58 bits per heavy atom. The minimum absolute atomic E-state index is 0.196. The van der Waals surface area contributed by atoms with Gasteiger partial charge in [0.15, 0.2) is 0 Å². The van der Waals surface area contributed by atoms with Gasteiger partial charge in [0.2, 0.25) is 0 Å². The number of hydrogen-bond donors (Lipinski definition) is 2. The second-order valence-electron chi connectivity index (χ2n) is 6.16. The highest BCUT2D eigenvalue weighted by molar-refractivity contribution is 5.92. The van der Waals surface area contributed by atoms with Crippen LogP contribution < -0.4 is 10.6 Å². The van der Waals surface area contributed by atoms with Crippen LogP contribution in [0.15, 0.2) is 36.9 Å². The predicted molar refractivity (Wildman–Crippen MR) is 92.6 cm³/mol. The van der Waals surface area contributed by atoms with Crippen molar-refractivity contribution in [2.75, 3.05) is 5.32 Å². The molecular formula is C18H23N5O. The standard InChI is InChI=1S/C18H23N5O/c24-18(20-12-14-7-9-19-10-8-14)16-11-17(22-13-21-16)23-15-5-3-1-2-4-6-15/h7-11,13,15H,1-6,12H2,(H,20,24)(H,21,22,23). The number of carbonyl (C=O) groups is 1. The van der Waals surface area contributed by atoms with Crippen molar-refractivity contribution in [1.29, 1.82) is 0 Å². The zero-order chi connectivity index (χ0) is 16.6. The van der Waals surface area contributed by atoms with Crippen LogP contribution in [0, 0.1) is 0 Å². The summed E-state index contributed by atoms with van der Waals surface area (Å²) < 4.78 is 0. The Morgan fingerprint density at radius 2 is 1.83 bits per heavy atom. The van der Waals surface area contributed by atoms with Gasteiger partial charge in [-0.2, -0.15) is 0 Å². The molecular weight excluding hydrogens is 302 g/mol. The minimum Gasteiger partial charge on any atom is -0.367 e. The molecule has 6 heteroatoms. The topological polar surface area (TPSA) is 79.8 Å². The molecule has 0 radical (unpaired) electrons. The van der Waals surface area contributed by atoms with Gasteiger partial charge in [0, 0.05) is 31.0 Å². The number of rotatable bonds is 5.